The zero-order valence-corrected chi connectivity index (χ0v) is 13.6. The van der Waals surface area contributed by atoms with E-state index in [9.17, 15) is 18.5 Å². The van der Waals surface area contributed by atoms with Crippen molar-refractivity contribution in [3.63, 3.8) is 0 Å². The molecule has 0 aliphatic carbocycles. The number of aromatic nitrogens is 1. The molecule has 1 aliphatic heterocycles. The summed E-state index contributed by atoms with van der Waals surface area (Å²) in [6, 6.07) is 9.01. The Kier molecular flexibility index (Phi) is 4.22. The summed E-state index contributed by atoms with van der Waals surface area (Å²) >= 11 is 1.53. The van der Waals surface area contributed by atoms with E-state index in [1.807, 2.05) is 0 Å². The molecule has 1 aromatic heterocycles. The van der Waals surface area contributed by atoms with E-state index in [1.165, 1.54) is 40.3 Å². The average Bonchev–Trinajstić information content (AvgIpc) is 2.54. The molecule has 2 heterocycles. The minimum Gasteiger partial charge on any atom is -0.266 e. The van der Waals surface area contributed by atoms with Gasteiger partial charge in [0.05, 0.1) is 16.4 Å². The number of nitro benzene ring substituents is 1. The third-order valence-electron chi connectivity index (χ3n) is 3.38. The predicted octanol–water partition coefficient (Wildman–Crippen LogP) is 2.43. The van der Waals surface area contributed by atoms with E-state index in [1.54, 1.807) is 18.3 Å². The number of pyridine rings is 1. The van der Waals surface area contributed by atoms with Crippen LogP contribution in [0.1, 0.15) is 5.56 Å². The lowest BCUT2D eigenvalue weighted by atomic mass is 10.2. The standard InChI is InChI=1S/C14H13N3O4S2/c18-17(19)12-5-3-11(4-6-12)10-23(20,21)16-8-9-22-14-13(16)2-1-7-15-14/h1-7H,8-10H2. The number of benzene rings is 1. The van der Waals surface area contributed by atoms with Gasteiger partial charge in [0.2, 0.25) is 10.0 Å². The van der Waals surface area contributed by atoms with E-state index in [0.717, 1.165) is 0 Å². The summed E-state index contributed by atoms with van der Waals surface area (Å²) in [7, 11) is -3.57. The van der Waals surface area contributed by atoms with Crippen LogP contribution < -0.4 is 4.31 Å². The third-order valence-corrected chi connectivity index (χ3v) is 6.11. The Balaban J connectivity index is 1.86. The SMILES string of the molecule is O=[N+]([O-])c1ccc(CS(=O)(=O)N2CCSc3ncccc32)cc1. The summed E-state index contributed by atoms with van der Waals surface area (Å²) in [5, 5.41) is 11.4. The lowest BCUT2D eigenvalue weighted by molar-refractivity contribution is -0.384. The number of non-ortho nitro benzene ring substituents is 1. The number of hydrogen-bond acceptors (Lipinski definition) is 6. The van der Waals surface area contributed by atoms with Gasteiger partial charge < -0.3 is 0 Å². The Morgan fingerprint density at radius 3 is 2.70 bits per heavy atom. The fourth-order valence-electron chi connectivity index (χ4n) is 2.32. The van der Waals surface area contributed by atoms with Crippen LogP contribution in [0.5, 0.6) is 0 Å². The highest BCUT2D eigenvalue weighted by molar-refractivity contribution is 7.99. The maximum atomic E-state index is 12.7. The smallest absolute Gasteiger partial charge is 0.266 e. The molecule has 0 N–H and O–H groups in total. The molecule has 0 bridgehead atoms. The quantitative estimate of drug-likeness (QED) is 0.620. The Hall–Kier alpha value is -2.13. The van der Waals surface area contributed by atoms with Gasteiger partial charge in [0.1, 0.15) is 5.03 Å². The maximum absolute atomic E-state index is 12.7. The Morgan fingerprint density at radius 2 is 2.00 bits per heavy atom. The first-order valence-corrected chi connectivity index (χ1v) is 9.38. The number of nitro groups is 1. The van der Waals surface area contributed by atoms with E-state index in [2.05, 4.69) is 4.98 Å². The highest BCUT2D eigenvalue weighted by Gasteiger charge is 2.28. The molecule has 7 nitrogen and oxygen atoms in total. The first-order valence-electron chi connectivity index (χ1n) is 6.79. The zero-order valence-electron chi connectivity index (χ0n) is 12.0. The molecule has 0 unspecified atom stereocenters. The molecule has 9 heteroatoms. The van der Waals surface area contributed by atoms with Gasteiger partial charge in [0.15, 0.2) is 0 Å². The normalized spacial score (nSPS) is 14.3. The van der Waals surface area contributed by atoms with Gasteiger partial charge in [-0.15, -0.1) is 11.8 Å². The Bertz CT molecular complexity index is 837. The van der Waals surface area contributed by atoms with Crippen molar-refractivity contribution in [2.24, 2.45) is 0 Å². The molecule has 120 valence electrons. The molecular weight excluding hydrogens is 338 g/mol. The highest BCUT2D eigenvalue weighted by atomic mass is 32.2. The molecule has 0 fully saturated rings. The van der Waals surface area contributed by atoms with E-state index in [0.29, 0.717) is 28.6 Å². The van der Waals surface area contributed by atoms with Crippen LogP contribution in [-0.4, -0.2) is 30.6 Å². The molecule has 1 aliphatic rings. The molecule has 2 aromatic rings. The van der Waals surface area contributed by atoms with Crippen molar-refractivity contribution >= 4 is 33.2 Å². The summed E-state index contributed by atoms with van der Waals surface area (Å²) in [5.74, 6) is 0.438. The van der Waals surface area contributed by atoms with Gasteiger partial charge in [-0.3, -0.25) is 14.4 Å². The lowest BCUT2D eigenvalue weighted by Crippen LogP contribution is -2.36. The fourth-order valence-corrected chi connectivity index (χ4v) is 5.01. The molecule has 0 spiro atoms. The van der Waals surface area contributed by atoms with Gasteiger partial charge in [-0.25, -0.2) is 13.4 Å². The summed E-state index contributed by atoms with van der Waals surface area (Å²) in [4.78, 5) is 14.3. The first-order chi connectivity index (χ1) is 11.0. The largest absolute Gasteiger partial charge is 0.269 e. The molecule has 0 saturated carbocycles. The van der Waals surface area contributed by atoms with Crippen LogP contribution in [0.15, 0.2) is 47.6 Å². The van der Waals surface area contributed by atoms with Gasteiger partial charge in [-0.1, -0.05) is 12.1 Å². The van der Waals surface area contributed by atoms with Crippen LogP contribution in [0.3, 0.4) is 0 Å². The van der Waals surface area contributed by atoms with E-state index < -0.39 is 14.9 Å². The van der Waals surface area contributed by atoms with Gasteiger partial charge in [0, 0.05) is 30.6 Å². The second-order valence-electron chi connectivity index (χ2n) is 4.93. The van der Waals surface area contributed by atoms with E-state index >= 15 is 0 Å². The van der Waals surface area contributed by atoms with Crippen molar-refractivity contribution in [2.45, 2.75) is 10.8 Å². The molecule has 0 atom stereocenters. The molecule has 0 amide bonds. The highest BCUT2D eigenvalue weighted by Crippen LogP contribution is 2.34. The van der Waals surface area contributed by atoms with Gasteiger partial charge in [-0.05, 0) is 17.7 Å². The third kappa shape index (κ3) is 3.30. The van der Waals surface area contributed by atoms with Gasteiger partial charge in [-0.2, -0.15) is 0 Å². The maximum Gasteiger partial charge on any atom is 0.269 e. The number of sulfonamides is 1. The second-order valence-corrected chi connectivity index (χ2v) is 7.90. The Labute approximate surface area is 137 Å². The van der Waals surface area contributed by atoms with Gasteiger partial charge >= 0.3 is 0 Å². The number of anilines is 1. The van der Waals surface area contributed by atoms with Crippen molar-refractivity contribution in [3.05, 3.63) is 58.3 Å². The molecule has 0 radical (unpaired) electrons. The number of hydrogen-bond donors (Lipinski definition) is 0. The summed E-state index contributed by atoms with van der Waals surface area (Å²) < 4.78 is 26.8. The molecule has 3 rings (SSSR count). The van der Waals surface area contributed by atoms with E-state index in [4.69, 9.17) is 0 Å². The fraction of sp³-hybridized carbons (Fsp3) is 0.214. The van der Waals surface area contributed by atoms with Crippen LogP contribution in [0.2, 0.25) is 0 Å². The van der Waals surface area contributed by atoms with Crippen molar-refractivity contribution in [1.82, 2.24) is 4.98 Å². The van der Waals surface area contributed by atoms with Crippen LogP contribution in [0.25, 0.3) is 0 Å². The van der Waals surface area contributed by atoms with Crippen molar-refractivity contribution in [3.8, 4) is 0 Å². The number of thioether (sulfide) groups is 1. The lowest BCUT2D eigenvalue weighted by Gasteiger charge is -2.29. The minimum absolute atomic E-state index is 0.0601. The topological polar surface area (TPSA) is 93.4 Å². The zero-order chi connectivity index (χ0) is 16.4. The van der Waals surface area contributed by atoms with Crippen LogP contribution >= 0.6 is 11.8 Å². The summed E-state index contributed by atoms with van der Waals surface area (Å²) in [6.45, 7) is 0.388. The molecular formula is C14H13N3O4S2. The second kappa shape index (κ2) is 6.17. The van der Waals surface area contributed by atoms with Crippen molar-refractivity contribution in [1.29, 1.82) is 0 Å². The predicted molar refractivity (Wildman–Crippen MR) is 88.0 cm³/mol. The molecule has 23 heavy (non-hydrogen) atoms. The van der Waals surface area contributed by atoms with Gasteiger partial charge in [0.25, 0.3) is 5.69 Å². The minimum atomic E-state index is -3.57. The van der Waals surface area contributed by atoms with Crippen LogP contribution in [-0.2, 0) is 15.8 Å². The van der Waals surface area contributed by atoms with Crippen LogP contribution in [0.4, 0.5) is 11.4 Å². The van der Waals surface area contributed by atoms with Crippen molar-refractivity contribution in [2.75, 3.05) is 16.6 Å². The Morgan fingerprint density at radius 1 is 1.26 bits per heavy atom. The first kappa shape index (κ1) is 15.8. The van der Waals surface area contributed by atoms with Crippen molar-refractivity contribution < 1.29 is 13.3 Å². The number of rotatable bonds is 4. The monoisotopic (exact) mass is 351 g/mol. The number of nitrogens with zero attached hydrogens (tertiary/aromatic N) is 3. The number of fused-ring (bicyclic) bond motifs is 1. The molecule has 0 saturated heterocycles. The summed E-state index contributed by atoms with van der Waals surface area (Å²) in [6.07, 6.45) is 1.64. The summed E-state index contributed by atoms with van der Waals surface area (Å²) in [5.41, 5.74) is 1.04. The molecule has 1 aromatic carbocycles. The average molecular weight is 351 g/mol. The van der Waals surface area contributed by atoms with E-state index in [-0.39, 0.29) is 11.4 Å². The van der Waals surface area contributed by atoms with Crippen LogP contribution in [0, 0.1) is 10.1 Å².